The Morgan fingerprint density at radius 1 is 1.28 bits per heavy atom. The molecule has 7 heteroatoms. The molecular formula is C18H18N2O4S. The zero-order valence-corrected chi connectivity index (χ0v) is 14.5. The fourth-order valence-corrected chi connectivity index (χ4v) is 4.48. The number of rotatable bonds is 4. The van der Waals surface area contributed by atoms with Crippen molar-refractivity contribution in [2.24, 2.45) is 11.7 Å². The molecule has 1 aliphatic rings. The van der Waals surface area contributed by atoms with Crippen LogP contribution in [0.5, 0.6) is 0 Å². The van der Waals surface area contributed by atoms with E-state index >= 15 is 0 Å². The number of thiophene rings is 1. The molecule has 4 N–H and O–H groups in total. The zero-order valence-electron chi connectivity index (χ0n) is 13.7. The lowest BCUT2D eigenvalue weighted by Crippen LogP contribution is -2.19. The van der Waals surface area contributed by atoms with Crippen molar-refractivity contribution in [3.63, 3.8) is 0 Å². The van der Waals surface area contributed by atoms with E-state index in [-0.39, 0.29) is 11.1 Å². The number of anilines is 1. The topological polar surface area (TPSA) is 109 Å². The molecule has 1 atom stereocenters. The van der Waals surface area contributed by atoms with Gasteiger partial charge in [0.1, 0.15) is 5.00 Å². The Morgan fingerprint density at radius 2 is 2.00 bits per heavy atom. The Bertz CT molecular complexity index is 872. The third-order valence-corrected chi connectivity index (χ3v) is 5.53. The number of carbonyl (C=O) groups is 3. The molecule has 0 aliphatic heterocycles. The predicted octanol–water partition coefficient (Wildman–Crippen LogP) is 2.92. The molecule has 2 amide bonds. The normalized spacial score (nSPS) is 16.1. The average molecular weight is 358 g/mol. The van der Waals surface area contributed by atoms with Crippen LogP contribution in [0.1, 0.15) is 54.9 Å². The van der Waals surface area contributed by atoms with Gasteiger partial charge in [0, 0.05) is 10.4 Å². The van der Waals surface area contributed by atoms with Gasteiger partial charge in [-0.1, -0.05) is 13.0 Å². The average Bonchev–Trinajstić information content (AvgIpc) is 2.91. The van der Waals surface area contributed by atoms with Crippen molar-refractivity contribution >= 4 is 34.1 Å². The summed E-state index contributed by atoms with van der Waals surface area (Å²) in [5.74, 6) is -1.59. The minimum Gasteiger partial charge on any atom is -0.478 e. The van der Waals surface area contributed by atoms with Gasteiger partial charge in [-0.25, -0.2) is 4.79 Å². The molecule has 1 aliphatic carbocycles. The standard InChI is InChI=1S/C18H18N2O4S/c1-9-5-6-12-13(7-9)25-17(14(12)15(19)21)20-16(22)10-3-2-4-11(8-10)18(23)24/h2-4,8-9H,5-7H2,1H3,(H2,19,21)(H,20,22)(H,23,24)/t9-/m1/s1. The number of nitrogens with one attached hydrogen (secondary N) is 1. The number of primary amides is 1. The number of carboxylic acid groups (broad SMARTS) is 1. The van der Waals surface area contributed by atoms with Crippen molar-refractivity contribution in [1.29, 1.82) is 0 Å². The summed E-state index contributed by atoms with van der Waals surface area (Å²) in [7, 11) is 0. The number of carbonyl (C=O) groups excluding carboxylic acids is 2. The van der Waals surface area contributed by atoms with Crippen LogP contribution in [0.25, 0.3) is 0 Å². The molecule has 0 unspecified atom stereocenters. The quantitative estimate of drug-likeness (QED) is 0.780. The minimum absolute atomic E-state index is 0.0297. The van der Waals surface area contributed by atoms with Crippen molar-refractivity contribution in [3.05, 3.63) is 51.4 Å². The molecule has 6 nitrogen and oxygen atoms in total. The van der Waals surface area contributed by atoms with Gasteiger partial charge in [-0.2, -0.15) is 0 Å². The summed E-state index contributed by atoms with van der Waals surface area (Å²) in [5, 5.41) is 12.2. The first kappa shape index (κ1) is 17.2. The highest BCUT2D eigenvalue weighted by atomic mass is 32.1. The van der Waals surface area contributed by atoms with E-state index in [9.17, 15) is 14.4 Å². The van der Waals surface area contributed by atoms with Gasteiger partial charge in [-0.15, -0.1) is 11.3 Å². The van der Waals surface area contributed by atoms with Gasteiger partial charge in [0.25, 0.3) is 11.8 Å². The molecular weight excluding hydrogens is 340 g/mol. The summed E-state index contributed by atoms with van der Waals surface area (Å²) in [6.07, 6.45) is 2.62. The minimum atomic E-state index is -1.10. The lowest BCUT2D eigenvalue weighted by Gasteiger charge is -2.18. The maximum absolute atomic E-state index is 12.5. The molecule has 0 saturated heterocycles. The molecule has 0 radical (unpaired) electrons. The molecule has 1 aromatic carbocycles. The first-order valence-electron chi connectivity index (χ1n) is 7.96. The number of carboxylic acids is 1. The van der Waals surface area contributed by atoms with E-state index in [2.05, 4.69) is 12.2 Å². The molecule has 1 aromatic heterocycles. The number of hydrogen-bond acceptors (Lipinski definition) is 4. The van der Waals surface area contributed by atoms with Crippen molar-refractivity contribution < 1.29 is 19.5 Å². The highest BCUT2D eigenvalue weighted by Crippen LogP contribution is 2.39. The molecule has 0 saturated carbocycles. The molecule has 1 heterocycles. The Hall–Kier alpha value is -2.67. The first-order chi connectivity index (χ1) is 11.9. The maximum Gasteiger partial charge on any atom is 0.335 e. The van der Waals surface area contributed by atoms with Gasteiger partial charge < -0.3 is 16.2 Å². The van der Waals surface area contributed by atoms with Crippen LogP contribution >= 0.6 is 11.3 Å². The molecule has 3 rings (SSSR count). The Morgan fingerprint density at radius 3 is 2.68 bits per heavy atom. The Balaban J connectivity index is 1.92. The van der Waals surface area contributed by atoms with E-state index in [1.165, 1.54) is 35.6 Å². The predicted molar refractivity (Wildman–Crippen MR) is 95.4 cm³/mol. The van der Waals surface area contributed by atoms with Crippen molar-refractivity contribution in [2.75, 3.05) is 5.32 Å². The van der Waals surface area contributed by atoms with E-state index in [1.807, 2.05) is 0 Å². The lowest BCUT2D eigenvalue weighted by atomic mass is 9.88. The van der Waals surface area contributed by atoms with E-state index in [0.29, 0.717) is 16.5 Å². The van der Waals surface area contributed by atoms with E-state index in [4.69, 9.17) is 10.8 Å². The fourth-order valence-electron chi connectivity index (χ4n) is 3.07. The van der Waals surface area contributed by atoms with Crippen molar-refractivity contribution in [2.45, 2.75) is 26.2 Å². The van der Waals surface area contributed by atoms with E-state index in [0.717, 1.165) is 29.7 Å². The summed E-state index contributed by atoms with van der Waals surface area (Å²) in [4.78, 5) is 36.5. The second-order valence-electron chi connectivity index (χ2n) is 6.26. The van der Waals surface area contributed by atoms with Crippen LogP contribution in [0.3, 0.4) is 0 Å². The molecule has 2 aromatic rings. The van der Waals surface area contributed by atoms with Gasteiger partial charge >= 0.3 is 5.97 Å². The summed E-state index contributed by atoms with van der Waals surface area (Å²) in [6.45, 7) is 2.16. The highest BCUT2D eigenvalue weighted by molar-refractivity contribution is 7.17. The monoisotopic (exact) mass is 358 g/mol. The van der Waals surface area contributed by atoms with Crippen LogP contribution in [0, 0.1) is 5.92 Å². The second-order valence-corrected chi connectivity index (χ2v) is 7.37. The molecule has 130 valence electrons. The molecule has 0 fully saturated rings. The summed E-state index contributed by atoms with van der Waals surface area (Å²) in [5.41, 5.74) is 7.10. The number of hydrogen-bond donors (Lipinski definition) is 3. The smallest absolute Gasteiger partial charge is 0.335 e. The van der Waals surface area contributed by atoms with Crippen molar-refractivity contribution in [1.82, 2.24) is 0 Å². The summed E-state index contributed by atoms with van der Waals surface area (Å²) in [6, 6.07) is 5.76. The maximum atomic E-state index is 12.5. The molecule has 0 spiro atoms. The molecule has 0 bridgehead atoms. The second kappa shape index (κ2) is 6.68. The highest BCUT2D eigenvalue weighted by Gasteiger charge is 2.27. The SMILES string of the molecule is C[C@@H]1CCc2c(sc(NC(=O)c3cccc(C(=O)O)c3)c2C(N)=O)C1. The van der Waals surface area contributed by atoms with E-state index < -0.39 is 17.8 Å². The third-order valence-electron chi connectivity index (χ3n) is 4.36. The van der Waals surface area contributed by atoms with Gasteiger partial charge in [0.05, 0.1) is 11.1 Å². The number of aromatic carboxylic acids is 1. The lowest BCUT2D eigenvalue weighted by molar-refractivity contribution is 0.0696. The van der Waals surface area contributed by atoms with Crippen molar-refractivity contribution in [3.8, 4) is 0 Å². The number of amides is 2. The van der Waals surface area contributed by atoms with Crippen LogP contribution in [-0.4, -0.2) is 22.9 Å². The number of fused-ring (bicyclic) bond motifs is 1. The van der Waals surface area contributed by atoms with Crippen LogP contribution in [-0.2, 0) is 12.8 Å². The third kappa shape index (κ3) is 3.41. The number of benzene rings is 1. The Kier molecular flexibility index (Phi) is 4.59. The van der Waals surface area contributed by atoms with Crippen LogP contribution in [0.15, 0.2) is 24.3 Å². The Labute approximate surface area is 148 Å². The molecule has 25 heavy (non-hydrogen) atoms. The fraction of sp³-hybridized carbons (Fsp3) is 0.278. The first-order valence-corrected chi connectivity index (χ1v) is 8.77. The summed E-state index contributed by atoms with van der Waals surface area (Å²) < 4.78 is 0. The van der Waals surface area contributed by atoms with Gasteiger partial charge in [0.15, 0.2) is 0 Å². The van der Waals surface area contributed by atoms with Crippen LogP contribution < -0.4 is 11.1 Å². The van der Waals surface area contributed by atoms with Gasteiger partial charge in [0.2, 0.25) is 0 Å². The van der Waals surface area contributed by atoms with Crippen LogP contribution in [0.4, 0.5) is 5.00 Å². The van der Waals surface area contributed by atoms with Crippen LogP contribution in [0.2, 0.25) is 0 Å². The van der Waals surface area contributed by atoms with Gasteiger partial charge in [-0.3, -0.25) is 9.59 Å². The largest absolute Gasteiger partial charge is 0.478 e. The number of nitrogens with two attached hydrogens (primary N) is 1. The summed E-state index contributed by atoms with van der Waals surface area (Å²) >= 11 is 1.38. The van der Waals surface area contributed by atoms with Gasteiger partial charge in [-0.05, 0) is 48.9 Å². The van der Waals surface area contributed by atoms with E-state index in [1.54, 1.807) is 0 Å². The zero-order chi connectivity index (χ0) is 18.1.